The van der Waals surface area contributed by atoms with Crippen molar-refractivity contribution in [3.8, 4) is 5.75 Å². The van der Waals surface area contributed by atoms with E-state index in [1.807, 2.05) is 6.92 Å². The molecule has 0 aliphatic heterocycles. The van der Waals surface area contributed by atoms with E-state index in [4.69, 9.17) is 46.4 Å². The normalized spacial score (nSPS) is 10.6. The molecular formula is C8H6Cl4OS. The van der Waals surface area contributed by atoms with Gasteiger partial charge in [-0.25, -0.2) is 0 Å². The van der Waals surface area contributed by atoms with Crippen LogP contribution in [-0.2, 0) is 0 Å². The van der Waals surface area contributed by atoms with E-state index in [1.54, 1.807) is 0 Å². The van der Waals surface area contributed by atoms with Gasteiger partial charge in [-0.2, -0.15) is 0 Å². The first-order valence-electron chi connectivity index (χ1n) is 3.68. The molecule has 0 spiro atoms. The Hall–Kier alpha value is 0.530. The molecule has 0 radical (unpaired) electrons. The Morgan fingerprint density at radius 1 is 1.00 bits per heavy atom. The highest BCUT2D eigenvalue weighted by Gasteiger charge is 2.19. The largest absolute Gasteiger partial charge is 0.505 e. The Bertz CT molecular complexity index is 338. The maximum absolute atomic E-state index is 9.42. The van der Waals surface area contributed by atoms with Gasteiger partial charge in [0, 0.05) is 4.90 Å². The lowest BCUT2D eigenvalue weighted by molar-refractivity contribution is 0.475. The van der Waals surface area contributed by atoms with Crippen molar-refractivity contribution >= 4 is 58.2 Å². The zero-order chi connectivity index (χ0) is 10.9. The number of hydrogen-bond donors (Lipinski definition) is 1. The second kappa shape index (κ2) is 5.04. The van der Waals surface area contributed by atoms with Crippen LogP contribution in [-0.4, -0.2) is 10.9 Å². The second-order valence-electron chi connectivity index (χ2n) is 2.37. The molecule has 1 nitrogen and oxygen atoms in total. The van der Waals surface area contributed by atoms with Crippen LogP contribution < -0.4 is 0 Å². The fourth-order valence-electron chi connectivity index (χ4n) is 0.871. The van der Waals surface area contributed by atoms with Gasteiger partial charge in [0.2, 0.25) is 0 Å². The van der Waals surface area contributed by atoms with Crippen LogP contribution in [0.1, 0.15) is 6.92 Å². The van der Waals surface area contributed by atoms with Crippen LogP contribution in [0.25, 0.3) is 0 Å². The Labute approximate surface area is 106 Å². The molecule has 14 heavy (non-hydrogen) atoms. The summed E-state index contributed by atoms with van der Waals surface area (Å²) in [5, 5.41) is 9.98. The van der Waals surface area contributed by atoms with Crippen molar-refractivity contribution in [3.63, 3.8) is 0 Å². The monoisotopic (exact) mass is 290 g/mol. The molecule has 0 aliphatic rings. The smallest absolute Gasteiger partial charge is 0.155 e. The zero-order valence-electron chi connectivity index (χ0n) is 7.07. The van der Waals surface area contributed by atoms with Crippen molar-refractivity contribution in [3.05, 3.63) is 20.1 Å². The van der Waals surface area contributed by atoms with Gasteiger partial charge in [-0.15, -0.1) is 11.8 Å². The summed E-state index contributed by atoms with van der Waals surface area (Å²) in [4.78, 5) is 0.601. The SMILES string of the molecule is CCSc1c(Cl)c(Cl)c(O)c(Cl)c1Cl. The molecule has 0 amide bonds. The van der Waals surface area contributed by atoms with Gasteiger partial charge in [0.05, 0.1) is 10.0 Å². The molecule has 1 rings (SSSR count). The van der Waals surface area contributed by atoms with E-state index in [1.165, 1.54) is 11.8 Å². The number of hydrogen-bond acceptors (Lipinski definition) is 2. The van der Waals surface area contributed by atoms with Crippen LogP contribution in [0.15, 0.2) is 4.90 Å². The predicted molar refractivity (Wildman–Crippen MR) is 64.5 cm³/mol. The maximum Gasteiger partial charge on any atom is 0.155 e. The number of halogens is 4. The van der Waals surface area contributed by atoms with Crippen LogP contribution in [0.3, 0.4) is 0 Å². The van der Waals surface area contributed by atoms with E-state index in [-0.39, 0.29) is 25.8 Å². The highest BCUT2D eigenvalue weighted by Crippen LogP contribution is 2.48. The van der Waals surface area contributed by atoms with Crippen LogP contribution in [0, 0.1) is 0 Å². The first-order chi connectivity index (χ1) is 6.50. The lowest BCUT2D eigenvalue weighted by atomic mass is 10.3. The Morgan fingerprint density at radius 2 is 1.43 bits per heavy atom. The predicted octanol–water partition coefficient (Wildman–Crippen LogP) is 5.12. The molecule has 6 heteroatoms. The molecule has 0 aliphatic carbocycles. The number of phenols is 1. The van der Waals surface area contributed by atoms with Gasteiger partial charge < -0.3 is 5.11 Å². The second-order valence-corrected chi connectivity index (χ2v) is 5.15. The fourth-order valence-corrected chi connectivity index (χ4v) is 2.90. The first-order valence-corrected chi connectivity index (χ1v) is 6.18. The summed E-state index contributed by atoms with van der Waals surface area (Å²) in [6, 6.07) is 0. The third-order valence-electron chi connectivity index (χ3n) is 1.49. The van der Waals surface area contributed by atoms with E-state index in [0.29, 0.717) is 4.90 Å². The molecule has 0 aromatic heterocycles. The highest BCUT2D eigenvalue weighted by atomic mass is 35.5. The van der Waals surface area contributed by atoms with E-state index < -0.39 is 0 Å². The third-order valence-corrected chi connectivity index (χ3v) is 4.38. The van der Waals surface area contributed by atoms with Crippen LogP contribution >= 0.6 is 58.2 Å². The number of thioether (sulfide) groups is 1. The number of rotatable bonds is 2. The minimum absolute atomic E-state index is 0.0389. The van der Waals surface area contributed by atoms with Crippen LogP contribution in [0.5, 0.6) is 5.75 Å². The van der Waals surface area contributed by atoms with E-state index in [0.717, 1.165) is 5.75 Å². The molecule has 0 saturated heterocycles. The summed E-state index contributed by atoms with van der Waals surface area (Å²) in [6.45, 7) is 1.95. The van der Waals surface area contributed by atoms with Gasteiger partial charge in [0.15, 0.2) is 5.75 Å². The van der Waals surface area contributed by atoms with Crippen molar-refractivity contribution in [2.45, 2.75) is 11.8 Å². The van der Waals surface area contributed by atoms with Crippen LogP contribution in [0.2, 0.25) is 20.1 Å². The minimum atomic E-state index is -0.274. The summed E-state index contributed by atoms with van der Waals surface area (Å²) < 4.78 is 0. The first kappa shape index (κ1) is 12.6. The molecule has 0 atom stereocenters. The number of phenolic OH excluding ortho intramolecular Hbond substituents is 1. The van der Waals surface area contributed by atoms with Gasteiger partial charge in [-0.05, 0) is 5.75 Å². The molecule has 0 fully saturated rings. The number of benzene rings is 1. The van der Waals surface area contributed by atoms with Crippen molar-refractivity contribution in [2.75, 3.05) is 5.75 Å². The molecule has 0 bridgehead atoms. The van der Waals surface area contributed by atoms with Crippen molar-refractivity contribution in [1.82, 2.24) is 0 Å². The molecule has 0 heterocycles. The molecule has 1 aromatic carbocycles. The Morgan fingerprint density at radius 3 is 1.79 bits per heavy atom. The van der Waals surface area contributed by atoms with Crippen molar-refractivity contribution in [1.29, 1.82) is 0 Å². The average Bonchev–Trinajstić information content (AvgIpc) is 2.19. The third kappa shape index (κ3) is 2.20. The maximum atomic E-state index is 9.42. The molecule has 1 N–H and O–H groups in total. The zero-order valence-corrected chi connectivity index (χ0v) is 10.9. The van der Waals surface area contributed by atoms with E-state index >= 15 is 0 Å². The standard InChI is InChI=1S/C8H6Cl4OS/c1-2-14-8-5(11)3(9)7(13)4(10)6(8)12/h13H,2H2,1H3. The molecular weight excluding hydrogens is 286 g/mol. The number of aromatic hydroxyl groups is 1. The van der Waals surface area contributed by atoms with E-state index in [9.17, 15) is 5.11 Å². The molecule has 78 valence electrons. The highest BCUT2D eigenvalue weighted by molar-refractivity contribution is 7.99. The van der Waals surface area contributed by atoms with E-state index in [2.05, 4.69) is 0 Å². The summed E-state index contributed by atoms with van der Waals surface area (Å²) >= 11 is 24.7. The Kier molecular flexibility index (Phi) is 4.54. The van der Waals surface area contributed by atoms with Gasteiger partial charge in [0.25, 0.3) is 0 Å². The van der Waals surface area contributed by atoms with Crippen LogP contribution in [0.4, 0.5) is 0 Å². The molecule has 0 unspecified atom stereocenters. The van der Waals surface area contributed by atoms with Gasteiger partial charge in [-0.1, -0.05) is 53.3 Å². The van der Waals surface area contributed by atoms with Gasteiger partial charge in [0.1, 0.15) is 10.0 Å². The summed E-state index contributed by atoms with van der Waals surface area (Å²) in [5.74, 6) is 0.514. The molecule has 1 aromatic rings. The van der Waals surface area contributed by atoms with Crippen molar-refractivity contribution in [2.24, 2.45) is 0 Å². The summed E-state index contributed by atoms with van der Waals surface area (Å²) in [5.41, 5.74) is 0. The average molecular weight is 292 g/mol. The lowest BCUT2D eigenvalue weighted by Gasteiger charge is -2.10. The summed E-state index contributed by atoms with van der Waals surface area (Å²) in [7, 11) is 0. The fraction of sp³-hybridized carbons (Fsp3) is 0.250. The molecule has 0 saturated carbocycles. The summed E-state index contributed by atoms with van der Waals surface area (Å²) in [6.07, 6.45) is 0. The quantitative estimate of drug-likeness (QED) is 0.603. The van der Waals surface area contributed by atoms with Crippen molar-refractivity contribution < 1.29 is 5.11 Å². The van der Waals surface area contributed by atoms with Gasteiger partial charge in [-0.3, -0.25) is 0 Å². The minimum Gasteiger partial charge on any atom is -0.505 e. The Balaban J connectivity index is 3.43. The lowest BCUT2D eigenvalue weighted by Crippen LogP contribution is -1.83. The van der Waals surface area contributed by atoms with Gasteiger partial charge >= 0.3 is 0 Å². The topological polar surface area (TPSA) is 20.2 Å².